The molecule has 0 saturated carbocycles. The second kappa shape index (κ2) is 8.08. The van der Waals surface area contributed by atoms with Crippen molar-refractivity contribution < 1.29 is 14.3 Å². The molecule has 23 heavy (non-hydrogen) atoms. The van der Waals surface area contributed by atoms with Crippen LogP contribution < -0.4 is 20.1 Å². The number of hydrogen-bond donors (Lipinski definition) is 2. The predicted molar refractivity (Wildman–Crippen MR) is 91.2 cm³/mol. The normalized spacial score (nSPS) is 11.4. The van der Waals surface area contributed by atoms with Gasteiger partial charge in [0.15, 0.2) is 0 Å². The Hall–Kier alpha value is -2.69. The third kappa shape index (κ3) is 4.39. The van der Waals surface area contributed by atoms with E-state index in [-0.39, 0.29) is 12.1 Å². The fourth-order valence-electron chi connectivity index (χ4n) is 2.32. The zero-order valence-electron chi connectivity index (χ0n) is 13.6. The molecule has 2 N–H and O–H groups in total. The van der Waals surface area contributed by atoms with Gasteiger partial charge < -0.3 is 20.1 Å². The minimum Gasteiger partial charge on any atom is -0.497 e. The van der Waals surface area contributed by atoms with E-state index in [2.05, 4.69) is 10.6 Å². The van der Waals surface area contributed by atoms with Gasteiger partial charge in [-0.05, 0) is 36.2 Å². The molecule has 0 heterocycles. The molecule has 5 nitrogen and oxygen atoms in total. The number of carbonyl (C=O) groups excluding carboxylic acids is 1. The first kappa shape index (κ1) is 16.7. The molecule has 2 aromatic carbocycles. The first-order chi connectivity index (χ1) is 11.2. The summed E-state index contributed by atoms with van der Waals surface area (Å²) >= 11 is 0. The van der Waals surface area contributed by atoms with Crippen LogP contribution in [0, 0.1) is 0 Å². The molecule has 0 fully saturated rings. The average Bonchev–Trinajstić information content (AvgIpc) is 2.60. The quantitative estimate of drug-likeness (QED) is 0.848. The van der Waals surface area contributed by atoms with Gasteiger partial charge in [0.05, 0.1) is 25.9 Å². The minimum absolute atomic E-state index is 0.0735. The van der Waals surface area contributed by atoms with Crippen molar-refractivity contribution in [1.82, 2.24) is 5.32 Å². The highest BCUT2D eigenvalue weighted by Gasteiger charge is 2.14. The van der Waals surface area contributed by atoms with Gasteiger partial charge in [-0.15, -0.1) is 0 Å². The summed E-state index contributed by atoms with van der Waals surface area (Å²) < 4.78 is 10.4. The average molecular weight is 314 g/mol. The van der Waals surface area contributed by atoms with Crippen LogP contribution in [0.5, 0.6) is 11.5 Å². The van der Waals surface area contributed by atoms with Crippen LogP contribution >= 0.6 is 0 Å². The number of carbonyl (C=O) groups is 1. The Morgan fingerprint density at radius 1 is 1.04 bits per heavy atom. The lowest BCUT2D eigenvalue weighted by molar-refractivity contribution is 0.248. The van der Waals surface area contributed by atoms with Crippen molar-refractivity contribution in [2.75, 3.05) is 19.5 Å². The van der Waals surface area contributed by atoms with Gasteiger partial charge in [-0.1, -0.05) is 31.2 Å². The number of nitrogens with one attached hydrogen (secondary N) is 2. The maximum Gasteiger partial charge on any atom is 0.319 e. The van der Waals surface area contributed by atoms with E-state index in [0.717, 1.165) is 17.7 Å². The summed E-state index contributed by atoms with van der Waals surface area (Å²) in [6.07, 6.45) is 0.783. The zero-order valence-corrected chi connectivity index (χ0v) is 13.6. The molecule has 0 unspecified atom stereocenters. The largest absolute Gasteiger partial charge is 0.497 e. The maximum atomic E-state index is 12.2. The minimum atomic E-state index is -0.267. The number of para-hydroxylation sites is 2. The molecule has 0 aliphatic heterocycles. The zero-order chi connectivity index (χ0) is 16.7. The number of amides is 2. The van der Waals surface area contributed by atoms with Crippen molar-refractivity contribution in [2.24, 2.45) is 0 Å². The second-order valence-corrected chi connectivity index (χ2v) is 5.03. The molecule has 2 rings (SSSR count). The van der Waals surface area contributed by atoms with E-state index in [1.54, 1.807) is 26.4 Å². The van der Waals surface area contributed by atoms with E-state index in [1.807, 2.05) is 43.3 Å². The molecule has 2 aromatic rings. The molecule has 0 aliphatic carbocycles. The number of benzene rings is 2. The number of methoxy groups -OCH3 is 2. The van der Waals surface area contributed by atoms with Gasteiger partial charge >= 0.3 is 6.03 Å². The SMILES string of the molecule is CC[C@H](NC(=O)Nc1ccccc1OC)c1ccc(OC)cc1. The number of ether oxygens (including phenoxy) is 2. The summed E-state index contributed by atoms with van der Waals surface area (Å²) in [5, 5.41) is 5.79. The van der Waals surface area contributed by atoms with Crippen LogP contribution in [0.3, 0.4) is 0 Å². The first-order valence-electron chi connectivity index (χ1n) is 7.52. The van der Waals surface area contributed by atoms with Crippen molar-refractivity contribution in [3.8, 4) is 11.5 Å². The Morgan fingerprint density at radius 3 is 2.35 bits per heavy atom. The summed E-state index contributed by atoms with van der Waals surface area (Å²) in [6.45, 7) is 2.03. The van der Waals surface area contributed by atoms with Crippen LogP contribution in [0.2, 0.25) is 0 Å². The Bertz CT molecular complexity index is 641. The molecule has 1 atom stereocenters. The van der Waals surface area contributed by atoms with Gasteiger partial charge in [-0.2, -0.15) is 0 Å². The maximum absolute atomic E-state index is 12.2. The van der Waals surface area contributed by atoms with E-state index in [0.29, 0.717) is 11.4 Å². The van der Waals surface area contributed by atoms with Crippen molar-refractivity contribution in [3.05, 3.63) is 54.1 Å². The molecule has 0 aromatic heterocycles. The molecular formula is C18H22N2O3. The lowest BCUT2D eigenvalue weighted by Crippen LogP contribution is -2.32. The van der Waals surface area contributed by atoms with E-state index in [9.17, 15) is 4.79 Å². The van der Waals surface area contributed by atoms with E-state index in [1.165, 1.54) is 0 Å². The van der Waals surface area contributed by atoms with Gasteiger partial charge in [0, 0.05) is 0 Å². The summed E-state index contributed by atoms with van der Waals surface area (Å²) in [7, 11) is 3.20. The molecule has 5 heteroatoms. The molecule has 0 aliphatic rings. The fraction of sp³-hybridized carbons (Fsp3) is 0.278. The van der Waals surface area contributed by atoms with E-state index >= 15 is 0 Å². The molecule has 0 saturated heterocycles. The van der Waals surface area contributed by atoms with Crippen molar-refractivity contribution in [2.45, 2.75) is 19.4 Å². The summed E-state index contributed by atoms with van der Waals surface area (Å²) in [6, 6.07) is 14.6. The third-order valence-electron chi connectivity index (χ3n) is 3.59. The van der Waals surface area contributed by atoms with Crippen LogP contribution in [-0.4, -0.2) is 20.3 Å². The molecule has 0 spiro atoms. The fourth-order valence-corrected chi connectivity index (χ4v) is 2.32. The van der Waals surface area contributed by atoms with Crippen LogP contribution in [0.1, 0.15) is 24.9 Å². The van der Waals surface area contributed by atoms with Gasteiger partial charge in [-0.3, -0.25) is 0 Å². The van der Waals surface area contributed by atoms with Crippen molar-refractivity contribution in [3.63, 3.8) is 0 Å². The Balaban J connectivity index is 2.04. The highest BCUT2D eigenvalue weighted by atomic mass is 16.5. The Labute approximate surface area is 136 Å². The number of urea groups is 1. The van der Waals surface area contributed by atoms with E-state index in [4.69, 9.17) is 9.47 Å². The van der Waals surface area contributed by atoms with Crippen molar-refractivity contribution >= 4 is 11.7 Å². The summed E-state index contributed by atoms with van der Waals surface area (Å²) in [4.78, 5) is 12.2. The van der Waals surface area contributed by atoms with E-state index < -0.39 is 0 Å². The van der Waals surface area contributed by atoms with Gasteiger partial charge in [0.2, 0.25) is 0 Å². The van der Waals surface area contributed by atoms with Gasteiger partial charge in [0.1, 0.15) is 11.5 Å². The smallest absolute Gasteiger partial charge is 0.319 e. The van der Waals surface area contributed by atoms with Gasteiger partial charge in [0.25, 0.3) is 0 Å². The Kier molecular flexibility index (Phi) is 5.86. The first-order valence-corrected chi connectivity index (χ1v) is 7.52. The molecule has 0 radical (unpaired) electrons. The lowest BCUT2D eigenvalue weighted by atomic mass is 10.0. The lowest BCUT2D eigenvalue weighted by Gasteiger charge is -2.19. The second-order valence-electron chi connectivity index (χ2n) is 5.03. The molecular weight excluding hydrogens is 292 g/mol. The monoisotopic (exact) mass is 314 g/mol. The van der Waals surface area contributed by atoms with Crippen LogP contribution in [0.25, 0.3) is 0 Å². The van der Waals surface area contributed by atoms with Crippen LogP contribution in [0.15, 0.2) is 48.5 Å². The number of anilines is 1. The number of hydrogen-bond acceptors (Lipinski definition) is 3. The molecule has 2 amide bonds. The van der Waals surface area contributed by atoms with Gasteiger partial charge in [-0.25, -0.2) is 4.79 Å². The van der Waals surface area contributed by atoms with Crippen LogP contribution in [-0.2, 0) is 0 Å². The predicted octanol–water partition coefficient (Wildman–Crippen LogP) is 3.98. The third-order valence-corrected chi connectivity index (χ3v) is 3.59. The highest BCUT2D eigenvalue weighted by molar-refractivity contribution is 5.91. The Morgan fingerprint density at radius 2 is 1.74 bits per heavy atom. The summed E-state index contributed by atoms with van der Waals surface area (Å²) in [5.41, 5.74) is 1.67. The highest BCUT2D eigenvalue weighted by Crippen LogP contribution is 2.24. The number of rotatable bonds is 6. The van der Waals surface area contributed by atoms with Crippen LogP contribution in [0.4, 0.5) is 10.5 Å². The summed E-state index contributed by atoms with van der Waals surface area (Å²) in [5.74, 6) is 1.42. The molecule has 0 bridgehead atoms. The topological polar surface area (TPSA) is 59.6 Å². The van der Waals surface area contributed by atoms with Crippen molar-refractivity contribution in [1.29, 1.82) is 0 Å². The standard InChI is InChI=1S/C18H22N2O3/c1-4-15(13-9-11-14(22-2)12-10-13)19-18(21)20-16-7-5-6-8-17(16)23-3/h5-12,15H,4H2,1-3H3,(H2,19,20,21)/t15-/m0/s1. The molecule has 122 valence electrons.